The fraction of sp³-hybridized carbons (Fsp3) is 0.800. The van der Waals surface area contributed by atoms with Crippen molar-refractivity contribution in [3.63, 3.8) is 0 Å². The molecule has 0 spiro atoms. The Labute approximate surface area is 95.1 Å². The van der Waals surface area contributed by atoms with Gasteiger partial charge in [0.2, 0.25) is 5.91 Å². The predicted octanol–water partition coefficient (Wildman–Crippen LogP) is -1.30. The number of amides is 1. The largest absolute Gasteiger partial charge is 0.464 e. The van der Waals surface area contributed by atoms with E-state index in [-0.39, 0.29) is 12.6 Å². The van der Waals surface area contributed by atoms with E-state index >= 15 is 0 Å². The van der Waals surface area contributed by atoms with Gasteiger partial charge in [-0.15, -0.1) is 0 Å². The molecule has 0 bridgehead atoms. The van der Waals surface area contributed by atoms with Gasteiger partial charge in [0.15, 0.2) is 6.04 Å². The van der Waals surface area contributed by atoms with Crippen molar-refractivity contribution in [3.05, 3.63) is 0 Å². The summed E-state index contributed by atoms with van der Waals surface area (Å²) in [7, 11) is 1.98. The number of nitrogens with two attached hydrogens (primary N) is 1. The van der Waals surface area contributed by atoms with Crippen LogP contribution in [0.15, 0.2) is 0 Å². The number of carbonyl (C=O) groups is 2. The summed E-state index contributed by atoms with van der Waals surface area (Å²) in [5, 5.41) is 2.74. The van der Waals surface area contributed by atoms with Gasteiger partial charge in [-0.25, -0.2) is 4.79 Å². The summed E-state index contributed by atoms with van der Waals surface area (Å²) in [6.45, 7) is 3.64. The van der Waals surface area contributed by atoms with Crippen molar-refractivity contribution in [1.82, 2.24) is 10.2 Å². The molecule has 16 heavy (non-hydrogen) atoms. The van der Waals surface area contributed by atoms with Gasteiger partial charge in [0.05, 0.1) is 6.61 Å². The molecule has 6 nitrogen and oxygen atoms in total. The SMILES string of the molecule is CCOC(=O)C(N)C(=O)NC1CCN(C)C1. The van der Waals surface area contributed by atoms with Gasteiger partial charge in [0.25, 0.3) is 0 Å². The molecule has 3 N–H and O–H groups in total. The number of ether oxygens (including phenoxy) is 1. The van der Waals surface area contributed by atoms with Crippen LogP contribution in [-0.4, -0.2) is 55.6 Å². The summed E-state index contributed by atoms with van der Waals surface area (Å²) in [6, 6.07) is -1.14. The van der Waals surface area contributed by atoms with Crippen LogP contribution in [0.1, 0.15) is 13.3 Å². The molecular weight excluding hydrogens is 210 g/mol. The van der Waals surface area contributed by atoms with Crippen molar-refractivity contribution in [2.24, 2.45) is 5.73 Å². The van der Waals surface area contributed by atoms with Crippen LogP contribution < -0.4 is 11.1 Å². The van der Waals surface area contributed by atoms with Crippen molar-refractivity contribution in [2.45, 2.75) is 25.4 Å². The number of nitrogens with zero attached hydrogens (tertiary/aromatic N) is 1. The number of rotatable bonds is 4. The highest BCUT2D eigenvalue weighted by molar-refractivity contribution is 6.01. The van der Waals surface area contributed by atoms with Crippen LogP contribution in [0.25, 0.3) is 0 Å². The fourth-order valence-corrected chi connectivity index (χ4v) is 1.68. The van der Waals surface area contributed by atoms with Crippen molar-refractivity contribution in [1.29, 1.82) is 0 Å². The molecule has 1 amide bonds. The highest BCUT2D eigenvalue weighted by atomic mass is 16.5. The van der Waals surface area contributed by atoms with Crippen LogP contribution in [0.4, 0.5) is 0 Å². The Morgan fingerprint density at radius 2 is 2.31 bits per heavy atom. The minimum atomic E-state index is -1.22. The van der Waals surface area contributed by atoms with Crippen molar-refractivity contribution in [2.75, 3.05) is 26.7 Å². The number of likely N-dealkylation sites (tertiary alicyclic amines) is 1. The molecule has 1 rings (SSSR count). The summed E-state index contributed by atoms with van der Waals surface area (Å²) >= 11 is 0. The molecule has 0 aromatic rings. The van der Waals surface area contributed by atoms with Gasteiger partial charge < -0.3 is 20.7 Å². The monoisotopic (exact) mass is 229 g/mol. The molecular formula is C10H19N3O3. The van der Waals surface area contributed by atoms with E-state index in [1.807, 2.05) is 7.05 Å². The van der Waals surface area contributed by atoms with Crippen LogP contribution in [0.3, 0.4) is 0 Å². The first kappa shape index (κ1) is 12.9. The number of hydrogen-bond acceptors (Lipinski definition) is 5. The molecule has 0 aromatic heterocycles. The van der Waals surface area contributed by atoms with E-state index in [9.17, 15) is 9.59 Å². The molecule has 1 heterocycles. The number of nitrogens with one attached hydrogen (secondary N) is 1. The maximum absolute atomic E-state index is 11.6. The minimum Gasteiger partial charge on any atom is -0.464 e. The highest BCUT2D eigenvalue weighted by Gasteiger charge is 2.27. The Morgan fingerprint density at radius 1 is 1.62 bits per heavy atom. The number of likely N-dealkylation sites (N-methyl/N-ethyl adjacent to an activating group) is 1. The summed E-state index contributed by atoms with van der Waals surface area (Å²) in [6.07, 6.45) is 0.887. The van der Waals surface area contributed by atoms with Gasteiger partial charge >= 0.3 is 5.97 Å². The highest BCUT2D eigenvalue weighted by Crippen LogP contribution is 2.06. The second kappa shape index (κ2) is 5.81. The van der Waals surface area contributed by atoms with Gasteiger partial charge in [-0.3, -0.25) is 4.79 Å². The van der Waals surface area contributed by atoms with Gasteiger partial charge in [-0.1, -0.05) is 0 Å². The Hall–Kier alpha value is -1.14. The quantitative estimate of drug-likeness (QED) is 0.462. The van der Waals surface area contributed by atoms with Crippen LogP contribution in [0.5, 0.6) is 0 Å². The topological polar surface area (TPSA) is 84.7 Å². The lowest BCUT2D eigenvalue weighted by Crippen LogP contribution is -2.50. The number of hydrogen-bond donors (Lipinski definition) is 2. The van der Waals surface area contributed by atoms with E-state index in [1.165, 1.54) is 0 Å². The third kappa shape index (κ3) is 3.46. The van der Waals surface area contributed by atoms with Crippen molar-refractivity contribution >= 4 is 11.9 Å². The van der Waals surface area contributed by atoms with E-state index in [1.54, 1.807) is 6.92 Å². The molecule has 1 saturated heterocycles. The molecule has 2 unspecified atom stereocenters. The molecule has 0 radical (unpaired) electrons. The molecule has 1 fully saturated rings. The first-order valence-corrected chi connectivity index (χ1v) is 5.45. The van der Waals surface area contributed by atoms with Gasteiger partial charge in [-0.2, -0.15) is 0 Å². The minimum absolute atomic E-state index is 0.0815. The van der Waals surface area contributed by atoms with E-state index in [2.05, 4.69) is 15.0 Å². The summed E-state index contributed by atoms with van der Waals surface area (Å²) in [4.78, 5) is 24.9. The average molecular weight is 229 g/mol. The lowest BCUT2D eigenvalue weighted by atomic mass is 10.2. The molecule has 92 valence electrons. The summed E-state index contributed by atoms with van der Waals surface area (Å²) in [5.74, 6) is -1.13. The van der Waals surface area contributed by atoms with Crippen molar-refractivity contribution < 1.29 is 14.3 Å². The second-order valence-electron chi connectivity index (χ2n) is 3.99. The zero-order chi connectivity index (χ0) is 12.1. The van der Waals surface area contributed by atoms with Crippen LogP contribution in [-0.2, 0) is 14.3 Å². The number of carbonyl (C=O) groups excluding carboxylic acids is 2. The van der Waals surface area contributed by atoms with Gasteiger partial charge in [0.1, 0.15) is 0 Å². The number of esters is 1. The van der Waals surface area contributed by atoms with E-state index in [0.29, 0.717) is 0 Å². The first-order chi connectivity index (χ1) is 7.54. The van der Waals surface area contributed by atoms with Crippen LogP contribution >= 0.6 is 0 Å². The zero-order valence-electron chi connectivity index (χ0n) is 9.73. The Balaban J connectivity index is 2.36. The molecule has 0 aliphatic carbocycles. The Morgan fingerprint density at radius 3 is 2.81 bits per heavy atom. The first-order valence-electron chi connectivity index (χ1n) is 5.45. The third-order valence-corrected chi connectivity index (χ3v) is 2.56. The summed E-state index contributed by atoms with van der Waals surface area (Å²) < 4.78 is 4.68. The molecule has 1 aliphatic heterocycles. The second-order valence-corrected chi connectivity index (χ2v) is 3.99. The average Bonchev–Trinajstić information content (AvgIpc) is 2.63. The molecule has 0 aromatic carbocycles. The molecule has 1 aliphatic rings. The van der Waals surface area contributed by atoms with Gasteiger partial charge in [-0.05, 0) is 26.9 Å². The standard InChI is InChI=1S/C10H19N3O3/c1-3-16-10(15)8(11)9(14)12-7-4-5-13(2)6-7/h7-8H,3-6,11H2,1-2H3,(H,12,14). The lowest BCUT2D eigenvalue weighted by molar-refractivity contribution is -0.148. The summed E-state index contributed by atoms with van der Waals surface area (Å²) in [5.41, 5.74) is 5.46. The third-order valence-electron chi connectivity index (χ3n) is 2.56. The van der Waals surface area contributed by atoms with Gasteiger partial charge in [0, 0.05) is 12.6 Å². The van der Waals surface area contributed by atoms with Crippen LogP contribution in [0, 0.1) is 0 Å². The fourth-order valence-electron chi connectivity index (χ4n) is 1.68. The molecule has 6 heteroatoms. The van der Waals surface area contributed by atoms with E-state index in [0.717, 1.165) is 19.5 Å². The van der Waals surface area contributed by atoms with Crippen LogP contribution in [0.2, 0.25) is 0 Å². The maximum atomic E-state index is 11.6. The zero-order valence-corrected chi connectivity index (χ0v) is 9.73. The maximum Gasteiger partial charge on any atom is 0.332 e. The smallest absolute Gasteiger partial charge is 0.332 e. The molecule has 2 atom stereocenters. The van der Waals surface area contributed by atoms with E-state index in [4.69, 9.17) is 5.73 Å². The van der Waals surface area contributed by atoms with Crippen molar-refractivity contribution in [3.8, 4) is 0 Å². The predicted molar refractivity (Wildman–Crippen MR) is 58.7 cm³/mol. The normalized spacial score (nSPS) is 22.8. The van der Waals surface area contributed by atoms with E-state index < -0.39 is 17.9 Å². The molecule has 0 saturated carbocycles. The Kier molecular flexibility index (Phi) is 4.70. The Bertz CT molecular complexity index is 270. The lowest BCUT2D eigenvalue weighted by Gasteiger charge is -2.15.